The lowest BCUT2D eigenvalue weighted by Crippen LogP contribution is -2.28. The van der Waals surface area contributed by atoms with Gasteiger partial charge in [0, 0.05) is 0 Å². The van der Waals surface area contributed by atoms with Crippen molar-refractivity contribution < 1.29 is 27.4 Å². The molecule has 130 valence electrons. The van der Waals surface area contributed by atoms with Crippen LogP contribution in [-0.2, 0) is 22.3 Å². The molecular formula is C14H15F3N4O3. The number of nitrogens with one attached hydrogen (secondary N) is 2. The molecular weight excluding hydrogens is 329 g/mol. The largest absolute Gasteiger partial charge is 0.497 e. The SMILES string of the molecule is COc1cccc(COC(C)C(=O)Nc2n[nH]c(C(F)(F)F)n2)c1. The third kappa shape index (κ3) is 4.69. The normalized spacial score (nSPS) is 12.7. The summed E-state index contributed by atoms with van der Waals surface area (Å²) in [6.45, 7) is 1.60. The average molecular weight is 344 g/mol. The second-order valence-electron chi connectivity index (χ2n) is 4.80. The first-order valence-corrected chi connectivity index (χ1v) is 6.84. The molecule has 1 amide bonds. The number of hydrogen-bond acceptors (Lipinski definition) is 5. The molecule has 0 radical (unpaired) electrons. The summed E-state index contributed by atoms with van der Waals surface area (Å²) < 4.78 is 47.6. The van der Waals surface area contributed by atoms with Gasteiger partial charge in [0.2, 0.25) is 11.8 Å². The van der Waals surface area contributed by atoms with Gasteiger partial charge in [-0.1, -0.05) is 12.1 Å². The van der Waals surface area contributed by atoms with Crippen LogP contribution in [0.2, 0.25) is 0 Å². The molecule has 1 heterocycles. The molecule has 7 nitrogen and oxygen atoms in total. The van der Waals surface area contributed by atoms with Crippen LogP contribution in [-0.4, -0.2) is 34.3 Å². The van der Waals surface area contributed by atoms with Crippen LogP contribution < -0.4 is 10.1 Å². The number of carbonyl (C=O) groups is 1. The van der Waals surface area contributed by atoms with Gasteiger partial charge >= 0.3 is 6.18 Å². The van der Waals surface area contributed by atoms with Gasteiger partial charge in [0.05, 0.1) is 13.7 Å². The number of H-pyrrole nitrogens is 1. The summed E-state index contributed by atoms with van der Waals surface area (Å²) in [7, 11) is 1.53. The molecule has 1 atom stereocenters. The van der Waals surface area contributed by atoms with E-state index in [4.69, 9.17) is 9.47 Å². The fourth-order valence-electron chi connectivity index (χ4n) is 1.72. The molecule has 0 aliphatic heterocycles. The van der Waals surface area contributed by atoms with Gasteiger partial charge in [0.15, 0.2) is 0 Å². The molecule has 0 spiro atoms. The lowest BCUT2D eigenvalue weighted by atomic mass is 10.2. The smallest absolute Gasteiger partial charge is 0.451 e. The highest BCUT2D eigenvalue weighted by atomic mass is 19.4. The number of rotatable bonds is 6. The van der Waals surface area contributed by atoms with Gasteiger partial charge in [-0.15, -0.1) is 5.10 Å². The predicted molar refractivity (Wildman–Crippen MR) is 77.3 cm³/mol. The monoisotopic (exact) mass is 344 g/mol. The number of alkyl halides is 3. The fourth-order valence-corrected chi connectivity index (χ4v) is 1.72. The summed E-state index contributed by atoms with van der Waals surface area (Å²) in [5.41, 5.74) is 0.784. The standard InChI is InChI=1S/C14H15F3N4O3/c1-8(24-7-9-4-3-5-10(6-9)23-2)11(22)18-13-19-12(20-21-13)14(15,16)17/h3-6,8H,7H2,1-2H3,(H2,18,19,20,21,22). The number of aromatic amines is 1. The number of anilines is 1. The van der Waals surface area contributed by atoms with Crippen LogP contribution in [0.1, 0.15) is 18.3 Å². The molecule has 0 saturated heterocycles. The Morgan fingerprint density at radius 3 is 2.79 bits per heavy atom. The first kappa shape index (κ1) is 17.7. The number of carbonyl (C=O) groups excluding carboxylic acids is 1. The maximum atomic E-state index is 12.4. The van der Waals surface area contributed by atoms with Crippen molar-refractivity contribution in [3.63, 3.8) is 0 Å². The Bertz CT molecular complexity index is 703. The van der Waals surface area contributed by atoms with Gasteiger partial charge in [0.1, 0.15) is 11.9 Å². The maximum absolute atomic E-state index is 12.4. The lowest BCUT2D eigenvalue weighted by Gasteiger charge is -2.12. The summed E-state index contributed by atoms with van der Waals surface area (Å²) in [5.74, 6) is -1.77. The van der Waals surface area contributed by atoms with E-state index in [2.05, 4.69) is 15.4 Å². The minimum absolute atomic E-state index is 0.133. The fraction of sp³-hybridized carbons (Fsp3) is 0.357. The maximum Gasteiger partial charge on any atom is 0.451 e. The first-order chi connectivity index (χ1) is 11.3. The highest BCUT2D eigenvalue weighted by molar-refractivity contribution is 5.92. The van der Waals surface area contributed by atoms with Crippen LogP contribution >= 0.6 is 0 Å². The minimum atomic E-state index is -4.66. The van der Waals surface area contributed by atoms with E-state index in [1.54, 1.807) is 29.4 Å². The predicted octanol–water partition coefficient (Wildman–Crippen LogP) is 2.38. The summed E-state index contributed by atoms with van der Waals surface area (Å²) in [6.07, 6.45) is -5.58. The van der Waals surface area contributed by atoms with E-state index >= 15 is 0 Å². The Hall–Kier alpha value is -2.62. The second-order valence-corrected chi connectivity index (χ2v) is 4.80. The Balaban J connectivity index is 1.89. The number of aromatic nitrogens is 3. The molecule has 2 N–H and O–H groups in total. The van der Waals surface area contributed by atoms with Crippen molar-refractivity contribution in [2.75, 3.05) is 12.4 Å². The molecule has 10 heteroatoms. The van der Waals surface area contributed by atoms with Crippen LogP contribution in [0, 0.1) is 0 Å². The van der Waals surface area contributed by atoms with Crippen LogP contribution in [0.25, 0.3) is 0 Å². The zero-order valence-electron chi connectivity index (χ0n) is 12.8. The van der Waals surface area contributed by atoms with E-state index in [9.17, 15) is 18.0 Å². The second kappa shape index (κ2) is 7.30. The van der Waals surface area contributed by atoms with E-state index in [1.165, 1.54) is 14.0 Å². The summed E-state index contributed by atoms with van der Waals surface area (Å²) >= 11 is 0. The molecule has 0 aliphatic carbocycles. The van der Waals surface area contributed by atoms with Gasteiger partial charge in [-0.25, -0.2) is 0 Å². The number of amides is 1. The number of ether oxygens (including phenoxy) is 2. The Morgan fingerprint density at radius 1 is 1.42 bits per heavy atom. The van der Waals surface area contributed by atoms with E-state index in [-0.39, 0.29) is 6.61 Å². The third-order valence-corrected chi connectivity index (χ3v) is 2.99. The highest BCUT2D eigenvalue weighted by Crippen LogP contribution is 2.26. The molecule has 1 unspecified atom stereocenters. The zero-order valence-corrected chi connectivity index (χ0v) is 12.8. The molecule has 24 heavy (non-hydrogen) atoms. The van der Waals surface area contributed by atoms with Crippen LogP contribution in [0.5, 0.6) is 5.75 Å². The van der Waals surface area contributed by atoms with Crippen LogP contribution in [0.3, 0.4) is 0 Å². The number of halogens is 3. The van der Waals surface area contributed by atoms with Gasteiger partial charge in [-0.2, -0.15) is 18.2 Å². The van der Waals surface area contributed by atoms with Crippen LogP contribution in [0.15, 0.2) is 24.3 Å². The molecule has 0 bridgehead atoms. The zero-order chi connectivity index (χ0) is 17.7. The molecule has 0 saturated carbocycles. The Morgan fingerprint density at radius 2 is 2.17 bits per heavy atom. The van der Waals surface area contributed by atoms with Crippen molar-refractivity contribution in [1.29, 1.82) is 0 Å². The van der Waals surface area contributed by atoms with Crippen molar-refractivity contribution in [3.8, 4) is 5.75 Å². The summed E-state index contributed by atoms with van der Waals surface area (Å²) in [4.78, 5) is 15.0. The van der Waals surface area contributed by atoms with Crippen LogP contribution in [0.4, 0.5) is 19.1 Å². The van der Waals surface area contributed by atoms with Crippen molar-refractivity contribution in [2.45, 2.75) is 25.8 Å². The molecule has 2 aromatic rings. The van der Waals surface area contributed by atoms with Gasteiger partial charge < -0.3 is 9.47 Å². The van der Waals surface area contributed by atoms with E-state index in [0.717, 1.165) is 5.56 Å². The molecule has 0 fully saturated rings. The van der Waals surface area contributed by atoms with Crippen molar-refractivity contribution in [1.82, 2.24) is 15.2 Å². The summed E-state index contributed by atoms with van der Waals surface area (Å²) in [5, 5.41) is 7.14. The van der Waals surface area contributed by atoms with Crippen molar-refractivity contribution >= 4 is 11.9 Å². The topological polar surface area (TPSA) is 89.1 Å². The molecule has 1 aromatic heterocycles. The van der Waals surface area contributed by atoms with E-state index in [1.807, 2.05) is 0 Å². The van der Waals surface area contributed by atoms with E-state index < -0.39 is 30.0 Å². The third-order valence-electron chi connectivity index (χ3n) is 2.99. The molecule has 2 rings (SSSR count). The summed E-state index contributed by atoms with van der Waals surface area (Å²) in [6, 6.07) is 7.07. The molecule has 1 aromatic carbocycles. The van der Waals surface area contributed by atoms with Gasteiger partial charge in [-0.05, 0) is 24.6 Å². The van der Waals surface area contributed by atoms with Gasteiger partial charge in [-0.3, -0.25) is 15.2 Å². The quantitative estimate of drug-likeness (QED) is 0.840. The Labute approximate surface area is 135 Å². The number of hydrogen-bond donors (Lipinski definition) is 2. The molecule has 0 aliphatic rings. The highest BCUT2D eigenvalue weighted by Gasteiger charge is 2.35. The number of methoxy groups -OCH3 is 1. The lowest BCUT2D eigenvalue weighted by molar-refractivity contribution is -0.144. The van der Waals surface area contributed by atoms with Crippen molar-refractivity contribution in [3.05, 3.63) is 35.7 Å². The first-order valence-electron chi connectivity index (χ1n) is 6.84. The van der Waals surface area contributed by atoms with E-state index in [0.29, 0.717) is 5.75 Å². The average Bonchev–Trinajstić information content (AvgIpc) is 3.01. The number of benzene rings is 1. The Kier molecular flexibility index (Phi) is 5.39. The van der Waals surface area contributed by atoms with Crippen molar-refractivity contribution in [2.24, 2.45) is 0 Å². The minimum Gasteiger partial charge on any atom is -0.497 e. The number of nitrogens with zero attached hydrogens (tertiary/aromatic N) is 2. The van der Waals surface area contributed by atoms with Gasteiger partial charge in [0.25, 0.3) is 5.91 Å².